The van der Waals surface area contributed by atoms with Crippen LogP contribution in [0.2, 0.25) is 0 Å². The minimum absolute atomic E-state index is 0.00458. The van der Waals surface area contributed by atoms with Crippen LogP contribution in [0.3, 0.4) is 0 Å². The van der Waals surface area contributed by atoms with Gasteiger partial charge in [0.15, 0.2) is 0 Å². The minimum Gasteiger partial charge on any atom is -0.481 e. The van der Waals surface area contributed by atoms with E-state index in [1.807, 2.05) is 14.0 Å². The molecule has 0 aliphatic heterocycles. The van der Waals surface area contributed by atoms with Gasteiger partial charge < -0.3 is 16.2 Å². The van der Waals surface area contributed by atoms with Gasteiger partial charge in [0.1, 0.15) is 0 Å². The number of carbonyl (C=O) groups is 1. The highest BCUT2D eigenvalue weighted by atomic mass is 16.4. The van der Waals surface area contributed by atoms with Crippen molar-refractivity contribution in [3.8, 4) is 0 Å². The summed E-state index contributed by atoms with van der Waals surface area (Å²) >= 11 is 0. The van der Waals surface area contributed by atoms with E-state index in [0.29, 0.717) is 0 Å². The van der Waals surface area contributed by atoms with Crippen molar-refractivity contribution in [2.24, 2.45) is 17.6 Å². The van der Waals surface area contributed by atoms with Crippen LogP contribution in [0.4, 0.5) is 0 Å². The third-order valence-electron chi connectivity index (χ3n) is 3.25. The number of likely N-dealkylation sites (N-methyl/N-ethyl adjacent to an activating group) is 1. The molecule has 0 aromatic carbocycles. The quantitative estimate of drug-likeness (QED) is 0.615. The second kappa shape index (κ2) is 4.75. The highest BCUT2D eigenvalue weighted by Crippen LogP contribution is 2.34. The van der Waals surface area contributed by atoms with Crippen molar-refractivity contribution in [1.29, 1.82) is 0 Å². The van der Waals surface area contributed by atoms with E-state index in [0.717, 1.165) is 19.3 Å². The molecule has 0 radical (unpaired) electrons. The number of carboxylic acids is 1. The average molecular weight is 200 g/mol. The normalized spacial score (nSPS) is 31.4. The first-order chi connectivity index (χ1) is 6.57. The first-order valence-electron chi connectivity index (χ1n) is 5.23. The fourth-order valence-corrected chi connectivity index (χ4v) is 2.59. The predicted octanol–water partition coefficient (Wildman–Crippen LogP) is 0.423. The van der Waals surface area contributed by atoms with Gasteiger partial charge in [-0.25, -0.2) is 0 Å². The van der Waals surface area contributed by atoms with E-state index in [9.17, 15) is 4.79 Å². The lowest BCUT2D eigenvalue weighted by molar-refractivity contribution is -0.143. The molecule has 1 aliphatic rings. The Morgan fingerprint density at radius 2 is 2.21 bits per heavy atom. The Hall–Kier alpha value is -0.610. The Labute approximate surface area is 84.9 Å². The average Bonchev–Trinajstić information content (AvgIpc) is 2.53. The summed E-state index contributed by atoms with van der Waals surface area (Å²) in [5.74, 6) is -0.690. The number of rotatable bonds is 4. The smallest absolute Gasteiger partial charge is 0.306 e. The third kappa shape index (κ3) is 2.25. The van der Waals surface area contributed by atoms with Crippen LogP contribution in [0.1, 0.15) is 26.2 Å². The standard InChI is InChI=1S/C10H20N2O2/c1-6(11)9(12-2)7-4-3-5-8(7)10(13)14/h6-9,12H,3-5,11H2,1-2H3,(H,13,14). The highest BCUT2D eigenvalue weighted by Gasteiger charge is 2.38. The zero-order valence-corrected chi connectivity index (χ0v) is 8.86. The number of aliphatic carboxylic acids is 1. The van der Waals surface area contributed by atoms with Crippen LogP contribution in [-0.2, 0) is 4.79 Å². The van der Waals surface area contributed by atoms with Crippen LogP contribution in [0.15, 0.2) is 0 Å². The fraction of sp³-hybridized carbons (Fsp3) is 0.900. The summed E-state index contributed by atoms with van der Waals surface area (Å²) in [7, 11) is 1.85. The van der Waals surface area contributed by atoms with E-state index in [-0.39, 0.29) is 23.9 Å². The summed E-state index contributed by atoms with van der Waals surface area (Å²) < 4.78 is 0. The van der Waals surface area contributed by atoms with E-state index in [1.165, 1.54) is 0 Å². The lowest BCUT2D eigenvalue weighted by Crippen LogP contribution is -2.48. The van der Waals surface area contributed by atoms with Crippen LogP contribution in [0.25, 0.3) is 0 Å². The van der Waals surface area contributed by atoms with Crippen LogP contribution < -0.4 is 11.1 Å². The number of hydrogen-bond donors (Lipinski definition) is 3. The van der Waals surface area contributed by atoms with E-state index in [2.05, 4.69) is 5.32 Å². The van der Waals surface area contributed by atoms with Crippen molar-refractivity contribution >= 4 is 5.97 Å². The molecule has 0 bridgehead atoms. The van der Waals surface area contributed by atoms with Gasteiger partial charge in [-0.3, -0.25) is 4.79 Å². The Balaban J connectivity index is 2.69. The number of nitrogens with one attached hydrogen (secondary N) is 1. The molecule has 4 nitrogen and oxygen atoms in total. The molecule has 0 amide bonds. The molecule has 0 aromatic rings. The van der Waals surface area contributed by atoms with E-state index >= 15 is 0 Å². The number of carboxylic acid groups (broad SMARTS) is 1. The Morgan fingerprint density at radius 3 is 2.64 bits per heavy atom. The number of nitrogens with two attached hydrogens (primary N) is 1. The molecule has 82 valence electrons. The lowest BCUT2D eigenvalue weighted by atomic mass is 9.86. The van der Waals surface area contributed by atoms with Gasteiger partial charge in [0.05, 0.1) is 5.92 Å². The van der Waals surface area contributed by atoms with Gasteiger partial charge in [-0.05, 0) is 32.7 Å². The molecule has 1 aliphatic carbocycles. The lowest BCUT2D eigenvalue weighted by Gasteiger charge is -2.29. The molecule has 0 heterocycles. The van der Waals surface area contributed by atoms with Crippen molar-refractivity contribution in [2.75, 3.05) is 7.05 Å². The first-order valence-corrected chi connectivity index (χ1v) is 5.23. The van der Waals surface area contributed by atoms with Crippen molar-refractivity contribution < 1.29 is 9.90 Å². The van der Waals surface area contributed by atoms with Crippen LogP contribution in [0.5, 0.6) is 0 Å². The summed E-state index contributed by atoms with van der Waals surface area (Å²) in [6, 6.07) is 0.128. The largest absolute Gasteiger partial charge is 0.481 e. The topological polar surface area (TPSA) is 75.3 Å². The Morgan fingerprint density at radius 1 is 1.57 bits per heavy atom. The molecule has 1 saturated carbocycles. The number of hydrogen-bond acceptors (Lipinski definition) is 3. The molecule has 0 saturated heterocycles. The van der Waals surface area contributed by atoms with Crippen molar-refractivity contribution in [3.63, 3.8) is 0 Å². The third-order valence-corrected chi connectivity index (χ3v) is 3.25. The van der Waals surface area contributed by atoms with Gasteiger partial charge in [-0.2, -0.15) is 0 Å². The first kappa shape index (κ1) is 11.5. The second-order valence-electron chi connectivity index (χ2n) is 4.21. The molecule has 4 unspecified atom stereocenters. The van der Waals surface area contributed by atoms with E-state index in [4.69, 9.17) is 10.8 Å². The van der Waals surface area contributed by atoms with Gasteiger partial charge in [0.2, 0.25) is 0 Å². The predicted molar refractivity (Wildman–Crippen MR) is 55.0 cm³/mol. The summed E-state index contributed by atoms with van der Waals surface area (Å²) in [5, 5.41) is 12.2. The molecule has 14 heavy (non-hydrogen) atoms. The molecule has 0 spiro atoms. The van der Waals surface area contributed by atoms with Gasteiger partial charge >= 0.3 is 5.97 Å². The molecular weight excluding hydrogens is 180 g/mol. The summed E-state index contributed by atoms with van der Waals surface area (Å²) in [6.07, 6.45) is 2.78. The summed E-state index contributed by atoms with van der Waals surface area (Å²) in [4.78, 5) is 11.0. The SMILES string of the molecule is CNC(C(C)N)C1CCCC1C(=O)O. The van der Waals surface area contributed by atoms with Crippen molar-refractivity contribution in [1.82, 2.24) is 5.32 Å². The monoisotopic (exact) mass is 200 g/mol. The molecule has 4 heteroatoms. The maximum atomic E-state index is 11.0. The van der Waals surface area contributed by atoms with E-state index < -0.39 is 5.97 Å². The minimum atomic E-state index is -0.673. The van der Waals surface area contributed by atoms with Crippen LogP contribution in [0, 0.1) is 11.8 Å². The van der Waals surface area contributed by atoms with Gasteiger partial charge in [0.25, 0.3) is 0 Å². The van der Waals surface area contributed by atoms with Crippen LogP contribution in [-0.4, -0.2) is 30.2 Å². The second-order valence-corrected chi connectivity index (χ2v) is 4.21. The zero-order chi connectivity index (χ0) is 10.7. The Bertz CT molecular complexity index is 206. The molecule has 4 atom stereocenters. The van der Waals surface area contributed by atoms with Gasteiger partial charge in [-0.15, -0.1) is 0 Å². The van der Waals surface area contributed by atoms with Crippen molar-refractivity contribution in [2.45, 2.75) is 38.3 Å². The van der Waals surface area contributed by atoms with Gasteiger partial charge in [-0.1, -0.05) is 6.42 Å². The molecule has 1 rings (SSSR count). The van der Waals surface area contributed by atoms with Crippen LogP contribution >= 0.6 is 0 Å². The molecule has 0 aromatic heterocycles. The highest BCUT2D eigenvalue weighted by molar-refractivity contribution is 5.70. The zero-order valence-electron chi connectivity index (χ0n) is 8.86. The molecular formula is C10H20N2O2. The summed E-state index contributed by atoms with van der Waals surface area (Å²) in [6.45, 7) is 1.93. The van der Waals surface area contributed by atoms with Crippen molar-refractivity contribution in [3.05, 3.63) is 0 Å². The van der Waals surface area contributed by atoms with E-state index in [1.54, 1.807) is 0 Å². The maximum Gasteiger partial charge on any atom is 0.306 e. The molecule has 4 N–H and O–H groups in total. The maximum absolute atomic E-state index is 11.0. The Kier molecular flexibility index (Phi) is 3.89. The van der Waals surface area contributed by atoms with Gasteiger partial charge in [0, 0.05) is 12.1 Å². The summed E-state index contributed by atoms with van der Waals surface area (Å²) in [5.41, 5.74) is 5.83. The molecule has 1 fully saturated rings. The fourth-order valence-electron chi connectivity index (χ4n) is 2.59.